The summed E-state index contributed by atoms with van der Waals surface area (Å²) < 4.78 is 0. The Hall–Kier alpha value is -0.120. The average Bonchev–Trinajstić information content (AvgIpc) is 2.78. The van der Waals surface area contributed by atoms with E-state index in [-0.39, 0.29) is 0 Å². The average molecular weight is 237 g/mol. The van der Waals surface area contributed by atoms with Crippen LogP contribution in [-0.4, -0.2) is 74.6 Å². The van der Waals surface area contributed by atoms with E-state index in [9.17, 15) is 0 Å². The summed E-state index contributed by atoms with van der Waals surface area (Å²) in [6.45, 7) is 9.44. The van der Waals surface area contributed by atoms with Crippen LogP contribution in [0.15, 0.2) is 0 Å². The monoisotopic (exact) mass is 237 g/mol. The number of likely N-dealkylation sites (tertiary alicyclic amines) is 3. The summed E-state index contributed by atoms with van der Waals surface area (Å²) >= 11 is 0. The molecule has 0 unspecified atom stereocenters. The Labute approximate surface area is 106 Å². The van der Waals surface area contributed by atoms with Crippen molar-refractivity contribution >= 4 is 0 Å². The highest BCUT2D eigenvalue weighted by molar-refractivity contribution is 4.92. The summed E-state index contributed by atoms with van der Waals surface area (Å²) in [4.78, 5) is 7.75. The first-order valence-corrected chi connectivity index (χ1v) is 7.30. The Kier molecular flexibility index (Phi) is 3.42. The highest BCUT2D eigenvalue weighted by atomic mass is 15.2. The van der Waals surface area contributed by atoms with Gasteiger partial charge in [-0.05, 0) is 57.8 Å². The van der Waals surface area contributed by atoms with Gasteiger partial charge in [-0.25, -0.2) is 0 Å². The molecule has 2 atom stereocenters. The zero-order valence-corrected chi connectivity index (χ0v) is 11.4. The third kappa shape index (κ3) is 2.67. The second-order valence-electron chi connectivity index (χ2n) is 6.71. The number of piperidine rings is 1. The van der Waals surface area contributed by atoms with Crippen LogP contribution in [0.25, 0.3) is 0 Å². The van der Waals surface area contributed by atoms with E-state index in [0.717, 1.165) is 17.8 Å². The quantitative estimate of drug-likeness (QED) is 0.704. The number of hydrogen-bond donors (Lipinski definition) is 0. The molecule has 0 saturated carbocycles. The van der Waals surface area contributed by atoms with Crippen molar-refractivity contribution in [3.8, 4) is 0 Å². The van der Waals surface area contributed by atoms with Gasteiger partial charge in [0, 0.05) is 32.7 Å². The predicted octanol–water partition coefficient (Wildman–Crippen LogP) is 0.822. The maximum absolute atomic E-state index is 2.76. The van der Waals surface area contributed by atoms with E-state index in [1.165, 1.54) is 58.7 Å². The van der Waals surface area contributed by atoms with Crippen LogP contribution in [0.2, 0.25) is 0 Å². The zero-order valence-electron chi connectivity index (χ0n) is 11.4. The lowest BCUT2D eigenvalue weighted by Crippen LogP contribution is -2.37. The predicted molar refractivity (Wildman–Crippen MR) is 71.1 cm³/mol. The van der Waals surface area contributed by atoms with Gasteiger partial charge in [0.2, 0.25) is 0 Å². The third-order valence-electron chi connectivity index (χ3n) is 5.10. The molecule has 0 aromatic carbocycles. The minimum absolute atomic E-state index is 0.975. The second-order valence-corrected chi connectivity index (χ2v) is 6.71. The molecule has 0 N–H and O–H groups in total. The van der Waals surface area contributed by atoms with Gasteiger partial charge < -0.3 is 14.7 Å². The molecule has 3 heteroatoms. The molecule has 0 spiro atoms. The Bertz CT molecular complexity index is 246. The zero-order chi connectivity index (χ0) is 11.8. The molecule has 0 bridgehead atoms. The van der Waals surface area contributed by atoms with Crippen LogP contribution >= 0.6 is 0 Å². The van der Waals surface area contributed by atoms with Crippen LogP contribution in [0, 0.1) is 17.8 Å². The van der Waals surface area contributed by atoms with Crippen LogP contribution in [0.3, 0.4) is 0 Å². The first-order valence-electron chi connectivity index (χ1n) is 7.30. The standard InChI is InChI=1S/C14H27N3/c1-15-5-3-12(4-6-15)7-17-10-13-8-16(2)9-14(13)11-17/h12-14H,3-11H2,1-2H3/t13-,14+. The number of fused-ring (bicyclic) bond motifs is 1. The molecule has 3 rings (SSSR count). The summed E-state index contributed by atoms with van der Waals surface area (Å²) in [6.07, 6.45) is 2.84. The Morgan fingerprint density at radius 3 is 2.00 bits per heavy atom. The molecule has 0 amide bonds. The summed E-state index contributed by atoms with van der Waals surface area (Å²) in [5.41, 5.74) is 0. The van der Waals surface area contributed by atoms with Gasteiger partial charge in [0.1, 0.15) is 0 Å². The van der Waals surface area contributed by atoms with Crippen molar-refractivity contribution in [2.45, 2.75) is 12.8 Å². The molecule has 0 aliphatic carbocycles. The number of hydrogen-bond acceptors (Lipinski definition) is 3. The maximum atomic E-state index is 2.76. The van der Waals surface area contributed by atoms with Crippen molar-refractivity contribution in [1.29, 1.82) is 0 Å². The molecule has 0 aromatic rings. The second kappa shape index (κ2) is 4.87. The lowest BCUT2D eigenvalue weighted by molar-refractivity contribution is 0.167. The Morgan fingerprint density at radius 1 is 0.824 bits per heavy atom. The molecule has 98 valence electrons. The van der Waals surface area contributed by atoms with Gasteiger partial charge in [-0.2, -0.15) is 0 Å². The highest BCUT2D eigenvalue weighted by Crippen LogP contribution is 2.31. The summed E-state index contributed by atoms with van der Waals surface area (Å²) in [6, 6.07) is 0. The Morgan fingerprint density at radius 2 is 1.41 bits per heavy atom. The molecule has 3 nitrogen and oxygen atoms in total. The fourth-order valence-electron chi connectivity index (χ4n) is 4.08. The first kappa shape index (κ1) is 11.9. The van der Waals surface area contributed by atoms with Crippen LogP contribution in [0.5, 0.6) is 0 Å². The van der Waals surface area contributed by atoms with E-state index >= 15 is 0 Å². The fourth-order valence-corrected chi connectivity index (χ4v) is 4.08. The van der Waals surface area contributed by atoms with Crippen molar-refractivity contribution < 1.29 is 0 Å². The minimum Gasteiger partial charge on any atom is -0.306 e. The number of nitrogens with zero attached hydrogens (tertiary/aromatic N) is 3. The van der Waals surface area contributed by atoms with E-state index < -0.39 is 0 Å². The van der Waals surface area contributed by atoms with Crippen LogP contribution in [0.1, 0.15) is 12.8 Å². The topological polar surface area (TPSA) is 9.72 Å². The Balaban J connectivity index is 1.45. The molecular formula is C14H27N3. The van der Waals surface area contributed by atoms with Gasteiger partial charge in [0.05, 0.1) is 0 Å². The summed E-state index contributed by atoms with van der Waals surface area (Å²) in [7, 11) is 4.53. The van der Waals surface area contributed by atoms with Gasteiger partial charge in [-0.3, -0.25) is 0 Å². The largest absolute Gasteiger partial charge is 0.306 e. The van der Waals surface area contributed by atoms with E-state index in [2.05, 4.69) is 28.8 Å². The maximum Gasteiger partial charge on any atom is 0.00258 e. The van der Waals surface area contributed by atoms with Gasteiger partial charge in [0.25, 0.3) is 0 Å². The third-order valence-corrected chi connectivity index (χ3v) is 5.10. The van der Waals surface area contributed by atoms with E-state index in [1.54, 1.807) is 0 Å². The van der Waals surface area contributed by atoms with Crippen molar-refractivity contribution in [2.24, 2.45) is 17.8 Å². The lowest BCUT2D eigenvalue weighted by atomic mass is 9.96. The van der Waals surface area contributed by atoms with Crippen molar-refractivity contribution in [3.63, 3.8) is 0 Å². The van der Waals surface area contributed by atoms with E-state index in [1.807, 2.05) is 0 Å². The normalized spacial score (nSPS) is 37.8. The van der Waals surface area contributed by atoms with E-state index in [4.69, 9.17) is 0 Å². The van der Waals surface area contributed by atoms with Crippen LogP contribution in [-0.2, 0) is 0 Å². The van der Waals surface area contributed by atoms with Crippen molar-refractivity contribution in [2.75, 3.05) is 59.9 Å². The molecule has 3 aliphatic rings. The highest BCUT2D eigenvalue weighted by Gasteiger charge is 2.39. The molecule has 17 heavy (non-hydrogen) atoms. The van der Waals surface area contributed by atoms with Crippen molar-refractivity contribution in [3.05, 3.63) is 0 Å². The molecule has 3 heterocycles. The lowest BCUT2D eigenvalue weighted by Gasteiger charge is -2.32. The fraction of sp³-hybridized carbons (Fsp3) is 1.00. The summed E-state index contributed by atoms with van der Waals surface area (Å²) in [5, 5.41) is 0. The minimum atomic E-state index is 0.975. The molecule has 3 saturated heterocycles. The van der Waals surface area contributed by atoms with E-state index in [0.29, 0.717) is 0 Å². The van der Waals surface area contributed by atoms with Gasteiger partial charge in [-0.15, -0.1) is 0 Å². The molecule has 3 fully saturated rings. The van der Waals surface area contributed by atoms with Gasteiger partial charge >= 0.3 is 0 Å². The smallest absolute Gasteiger partial charge is 0.00258 e. The van der Waals surface area contributed by atoms with Crippen molar-refractivity contribution in [1.82, 2.24) is 14.7 Å². The molecular weight excluding hydrogens is 210 g/mol. The van der Waals surface area contributed by atoms with Gasteiger partial charge in [-0.1, -0.05) is 0 Å². The van der Waals surface area contributed by atoms with Crippen LogP contribution < -0.4 is 0 Å². The molecule has 0 radical (unpaired) electrons. The SMILES string of the molecule is CN1CCC(CN2C[C@H]3CN(C)C[C@H]3C2)CC1. The number of rotatable bonds is 2. The van der Waals surface area contributed by atoms with Gasteiger partial charge in [0.15, 0.2) is 0 Å². The first-order chi connectivity index (χ1) is 8.20. The molecule has 0 aromatic heterocycles. The van der Waals surface area contributed by atoms with Crippen LogP contribution in [0.4, 0.5) is 0 Å². The molecule has 3 aliphatic heterocycles. The summed E-state index contributed by atoms with van der Waals surface area (Å²) in [5.74, 6) is 2.93.